The van der Waals surface area contributed by atoms with E-state index >= 15 is 0 Å². The number of sulfone groups is 1. The van der Waals surface area contributed by atoms with Gasteiger partial charge in [-0.15, -0.1) is 36.2 Å². The molecule has 3 heterocycles. The van der Waals surface area contributed by atoms with Crippen LogP contribution < -0.4 is 0 Å². The van der Waals surface area contributed by atoms with Gasteiger partial charge in [0.1, 0.15) is 16.2 Å². The fourth-order valence-electron chi connectivity index (χ4n) is 2.79. The quantitative estimate of drug-likeness (QED) is 0.430. The van der Waals surface area contributed by atoms with Crippen molar-refractivity contribution in [1.82, 2.24) is 20.2 Å². The maximum absolute atomic E-state index is 13.2. The number of H-pyrrole nitrogens is 1. The summed E-state index contributed by atoms with van der Waals surface area (Å²) in [6, 6.07) is 7.76. The number of nitrogens with zero attached hydrogens (tertiary/aromatic N) is 3. The minimum atomic E-state index is -4.57. The number of rotatable bonds is 3. The lowest BCUT2D eigenvalue weighted by molar-refractivity contribution is -0.140. The van der Waals surface area contributed by atoms with Crippen LogP contribution in [0.5, 0.6) is 0 Å². The summed E-state index contributed by atoms with van der Waals surface area (Å²) in [5.41, 5.74) is 0.237. The van der Waals surface area contributed by atoms with Crippen LogP contribution in [0.1, 0.15) is 5.69 Å². The Kier molecular flexibility index (Phi) is 6.82. The zero-order valence-corrected chi connectivity index (χ0v) is 18.2. The van der Waals surface area contributed by atoms with Crippen LogP contribution in [0.4, 0.5) is 13.2 Å². The zero-order chi connectivity index (χ0) is 20.1. The molecular weight excluding hydrogens is 484 g/mol. The summed E-state index contributed by atoms with van der Waals surface area (Å²) in [5.74, 6) is 0. The van der Waals surface area contributed by atoms with Crippen molar-refractivity contribution in [1.29, 1.82) is 0 Å². The highest BCUT2D eigenvalue weighted by atomic mass is 35.5. The van der Waals surface area contributed by atoms with Crippen molar-refractivity contribution >= 4 is 56.9 Å². The minimum Gasteiger partial charge on any atom is -0.273 e. The van der Waals surface area contributed by atoms with Crippen molar-refractivity contribution in [3.8, 4) is 21.7 Å². The van der Waals surface area contributed by atoms with E-state index in [-0.39, 0.29) is 34.6 Å². The van der Waals surface area contributed by atoms with Crippen LogP contribution in [-0.2, 0) is 16.0 Å². The van der Waals surface area contributed by atoms with Crippen molar-refractivity contribution in [2.75, 3.05) is 6.26 Å². The highest BCUT2D eigenvalue weighted by Gasteiger charge is 2.36. The van der Waals surface area contributed by atoms with Gasteiger partial charge in [0.05, 0.1) is 22.3 Å². The number of aromatic amines is 1. The molecule has 0 aliphatic carbocycles. The number of halogens is 5. The zero-order valence-electron chi connectivity index (χ0n) is 15.0. The van der Waals surface area contributed by atoms with Crippen molar-refractivity contribution in [2.24, 2.45) is 0 Å². The lowest BCUT2D eigenvalue weighted by Crippen LogP contribution is -2.07. The molecule has 0 unspecified atom stereocenters. The molecule has 4 rings (SSSR count). The van der Waals surface area contributed by atoms with E-state index in [1.54, 1.807) is 18.2 Å². The second-order valence-corrected chi connectivity index (χ2v) is 9.33. The molecule has 0 saturated carbocycles. The van der Waals surface area contributed by atoms with Gasteiger partial charge in [-0.3, -0.25) is 5.10 Å². The van der Waals surface area contributed by atoms with Gasteiger partial charge in [-0.05, 0) is 29.8 Å². The molecule has 0 aliphatic heterocycles. The second-order valence-electron chi connectivity index (χ2n) is 6.00. The molecule has 30 heavy (non-hydrogen) atoms. The van der Waals surface area contributed by atoms with E-state index in [2.05, 4.69) is 15.1 Å². The van der Waals surface area contributed by atoms with Gasteiger partial charge < -0.3 is 0 Å². The Morgan fingerprint density at radius 3 is 2.43 bits per heavy atom. The van der Waals surface area contributed by atoms with E-state index in [1.807, 2.05) is 5.10 Å². The number of nitrogens with one attached hydrogen (secondary N) is 1. The van der Waals surface area contributed by atoms with Gasteiger partial charge in [0.2, 0.25) is 0 Å². The average molecular weight is 497 g/mol. The Morgan fingerprint density at radius 2 is 1.80 bits per heavy atom. The van der Waals surface area contributed by atoms with Crippen molar-refractivity contribution in [3.63, 3.8) is 0 Å². The Morgan fingerprint density at radius 1 is 1.07 bits per heavy atom. The molecule has 1 N–H and O–H groups in total. The van der Waals surface area contributed by atoms with Gasteiger partial charge in [0.15, 0.2) is 9.84 Å². The third kappa shape index (κ3) is 4.43. The maximum Gasteiger partial charge on any atom is 0.433 e. The summed E-state index contributed by atoms with van der Waals surface area (Å²) in [7, 11) is -3.37. The fraction of sp³-hybridized carbons (Fsp3) is 0.118. The van der Waals surface area contributed by atoms with Crippen molar-refractivity contribution in [3.05, 3.63) is 48.5 Å². The summed E-state index contributed by atoms with van der Waals surface area (Å²) in [4.78, 5) is 8.95. The van der Waals surface area contributed by atoms with E-state index in [4.69, 9.17) is 0 Å². The fourth-order valence-corrected chi connectivity index (χ4v) is 4.73. The van der Waals surface area contributed by atoms with E-state index in [9.17, 15) is 21.6 Å². The Bertz CT molecular complexity index is 1300. The van der Waals surface area contributed by atoms with Crippen molar-refractivity contribution < 1.29 is 21.6 Å². The van der Waals surface area contributed by atoms with Gasteiger partial charge in [0, 0.05) is 17.2 Å². The van der Waals surface area contributed by atoms with Crippen LogP contribution in [0.3, 0.4) is 0 Å². The number of hydrogen-bond donors (Lipinski definition) is 1. The number of hydrogen-bond acceptors (Lipinski definition) is 6. The van der Waals surface area contributed by atoms with Gasteiger partial charge in [0.25, 0.3) is 0 Å². The monoisotopic (exact) mass is 496 g/mol. The number of fused-ring (bicyclic) bond motifs is 1. The van der Waals surface area contributed by atoms with Crippen LogP contribution in [0.2, 0.25) is 0 Å². The summed E-state index contributed by atoms with van der Waals surface area (Å²) in [6.07, 6.45) is -1.03. The molecule has 3 aromatic heterocycles. The molecule has 4 aromatic rings. The van der Waals surface area contributed by atoms with E-state index in [1.165, 1.54) is 18.5 Å². The topological polar surface area (TPSA) is 88.6 Å². The first-order chi connectivity index (χ1) is 13.1. The summed E-state index contributed by atoms with van der Waals surface area (Å²) >= 11 is 1.04. The molecule has 0 amide bonds. The van der Waals surface area contributed by atoms with Gasteiger partial charge in [-0.1, -0.05) is 6.07 Å². The first-order valence-electron chi connectivity index (χ1n) is 7.80. The molecule has 0 atom stereocenters. The molecular formula is C17H13Cl2F3N4O2S2. The molecule has 13 heteroatoms. The number of thiophene rings is 1. The first-order valence-corrected chi connectivity index (χ1v) is 10.5. The molecule has 0 bridgehead atoms. The molecule has 160 valence electrons. The number of aromatic nitrogens is 4. The molecule has 0 saturated heterocycles. The number of benzene rings is 1. The average Bonchev–Trinajstić information content (AvgIpc) is 3.29. The molecule has 0 radical (unpaired) electrons. The van der Waals surface area contributed by atoms with Gasteiger partial charge in [-0.25, -0.2) is 18.4 Å². The van der Waals surface area contributed by atoms with Gasteiger partial charge in [-0.2, -0.15) is 18.3 Å². The SMILES string of the molecule is CS(=O)(=O)c1ccc(-c2ncnc3ccc(-c4cn[nH]c4C(F)(F)F)cc23)s1.Cl.Cl. The summed E-state index contributed by atoms with van der Waals surface area (Å²) in [6.45, 7) is 0. The molecule has 0 fully saturated rings. The summed E-state index contributed by atoms with van der Waals surface area (Å²) in [5, 5.41) is 6.01. The summed E-state index contributed by atoms with van der Waals surface area (Å²) < 4.78 is 63.2. The largest absolute Gasteiger partial charge is 0.433 e. The second kappa shape index (κ2) is 8.50. The lowest BCUT2D eigenvalue weighted by atomic mass is 10.0. The van der Waals surface area contributed by atoms with E-state index in [0.29, 0.717) is 27.0 Å². The van der Waals surface area contributed by atoms with Crippen molar-refractivity contribution in [2.45, 2.75) is 10.4 Å². The molecule has 1 aromatic carbocycles. The predicted molar refractivity (Wildman–Crippen MR) is 113 cm³/mol. The van der Waals surface area contributed by atoms with Crippen LogP contribution >= 0.6 is 36.2 Å². The highest BCUT2D eigenvalue weighted by Crippen LogP contribution is 2.38. The minimum absolute atomic E-state index is 0. The third-order valence-electron chi connectivity index (χ3n) is 4.05. The van der Waals surface area contributed by atoms with Gasteiger partial charge >= 0.3 is 6.18 Å². The normalized spacial score (nSPS) is 11.7. The Labute approximate surface area is 185 Å². The Balaban J connectivity index is 0.00000160. The highest BCUT2D eigenvalue weighted by molar-refractivity contribution is 7.92. The lowest BCUT2D eigenvalue weighted by Gasteiger charge is -2.09. The number of alkyl halides is 3. The molecule has 6 nitrogen and oxygen atoms in total. The van der Waals surface area contributed by atoms with Crippen LogP contribution in [0.15, 0.2) is 47.1 Å². The van der Waals surface area contributed by atoms with Crippen LogP contribution in [0, 0.1) is 0 Å². The third-order valence-corrected chi connectivity index (χ3v) is 6.96. The smallest absolute Gasteiger partial charge is 0.273 e. The van der Waals surface area contributed by atoms with Crippen LogP contribution in [-0.4, -0.2) is 34.8 Å². The predicted octanol–water partition coefficient (Wildman–Crippen LogP) is 5.01. The van der Waals surface area contributed by atoms with E-state index < -0.39 is 21.7 Å². The molecule has 0 aliphatic rings. The standard InChI is InChI=1S/C17H11F3N4O2S2.2ClH/c1-28(25,26)14-5-4-13(27-14)15-10-6-9(2-3-12(10)21-8-22-15)11-7-23-24-16(11)17(18,19)20;;/h2-8H,1H3,(H,23,24);2*1H. The van der Waals surface area contributed by atoms with Crippen LogP contribution in [0.25, 0.3) is 32.6 Å². The molecule has 0 spiro atoms. The maximum atomic E-state index is 13.2. The first kappa shape index (κ1) is 24.1. The Hall–Kier alpha value is -2.21. The van der Waals surface area contributed by atoms with E-state index in [0.717, 1.165) is 23.8 Å².